The van der Waals surface area contributed by atoms with Crippen molar-refractivity contribution in [1.82, 2.24) is 34.3 Å². The fourth-order valence-corrected chi connectivity index (χ4v) is 4.95. The number of anilines is 1. The number of halogens is 1. The first-order valence-corrected chi connectivity index (χ1v) is 12.6. The summed E-state index contributed by atoms with van der Waals surface area (Å²) in [5.74, 6) is 0.698. The van der Waals surface area contributed by atoms with Gasteiger partial charge in [-0.15, -0.1) is 5.10 Å². The first kappa shape index (κ1) is 24.5. The van der Waals surface area contributed by atoms with Gasteiger partial charge in [-0.2, -0.15) is 14.8 Å². The number of hydrogen-bond donors (Lipinski definition) is 0. The van der Waals surface area contributed by atoms with Gasteiger partial charge < -0.3 is 9.64 Å². The monoisotopic (exact) mass is 523 g/mol. The molecule has 1 aliphatic rings. The van der Waals surface area contributed by atoms with Gasteiger partial charge in [-0.05, 0) is 23.8 Å². The maximum Gasteiger partial charge on any atom is 0.251 e. The highest BCUT2D eigenvalue weighted by atomic mass is 19.1. The van der Waals surface area contributed by atoms with Crippen molar-refractivity contribution in [2.24, 2.45) is 7.05 Å². The van der Waals surface area contributed by atoms with E-state index in [9.17, 15) is 9.65 Å². The van der Waals surface area contributed by atoms with Crippen molar-refractivity contribution in [3.63, 3.8) is 0 Å². The van der Waals surface area contributed by atoms with E-state index in [0.29, 0.717) is 17.0 Å². The van der Waals surface area contributed by atoms with Crippen LogP contribution in [0.15, 0.2) is 61.3 Å². The summed E-state index contributed by atoms with van der Waals surface area (Å²) in [6.45, 7) is 4.35. The van der Waals surface area contributed by atoms with Crippen molar-refractivity contribution in [1.29, 1.82) is 5.26 Å². The topological polar surface area (TPSA) is 100 Å². The Kier molecular flexibility index (Phi) is 6.38. The summed E-state index contributed by atoms with van der Waals surface area (Å²) in [5, 5.41) is 17.8. The van der Waals surface area contributed by atoms with Gasteiger partial charge in [0, 0.05) is 92.9 Å². The van der Waals surface area contributed by atoms with Crippen molar-refractivity contribution in [3.05, 3.63) is 78.4 Å². The molecule has 0 aliphatic carbocycles. The molecule has 0 aromatic carbocycles. The third kappa shape index (κ3) is 4.78. The molecule has 5 aromatic rings. The second kappa shape index (κ2) is 10.2. The number of piperazine rings is 1. The molecule has 5 aromatic heterocycles. The minimum absolute atomic E-state index is 0.0880. The highest BCUT2D eigenvalue weighted by Crippen LogP contribution is 2.33. The van der Waals surface area contributed by atoms with Gasteiger partial charge in [0.1, 0.15) is 17.5 Å². The average Bonchev–Trinajstić information content (AvgIpc) is 3.55. The van der Waals surface area contributed by atoms with Crippen LogP contribution < -0.4 is 9.64 Å². The summed E-state index contributed by atoms with van der Waals surface area (Å²) >= 11 is 0. The number of pyridine rings is 3. The molecule has 1 aliphatic heterocycles. The van der Waals surface area contributed by atoms with Gasteiger partial charge in [-0.3, -0.25) is 9.58 Å². The third-order valence-corrected chi connectivity index (χ3v) is 7.00. The zero-order valence-electron chi connectivity index (χ0n) is 21.6. The Labute approximate surface area is 224 Å². The van der Waals surface area contributed by atoms with E-state index in [1.807, 2.05) is 55.8 Å². The van der Waals surface area contributed by atoms with Crippen LogP contribution in [0.25, 0.3) is 27.8 Å². The maximum absolute atomic E-state index is 14.5. The summed E-state index contributed by atoms with van der Waals surface area (Å²) in [6.07, 6.45) is 8.96. The number of fused-ring (bicyclic) bond motifs is 1. The summed E-state index contributed by atoms with van der Waals surface area (Å²) in [4.78, 5) is 13.7. The standard InChI is InChI=1S/C28H26FN9O/c1-35-17-22(15-33-35)21-11-23(27-24(12-30)28(29)34-38(27)18-21)20-4-5-25(31-14-20)37-9-7-36(8-10-37)16-19-3-6-26(39-2)32-13-19/h3-6,11,13-15,17-18H,7-10,16H2,1-2H3. The predicted octanol–water partition coefficient (Wildman–Crippen LogP) is 3.53. The van der Waals surface area contributed by atoms with E-state index < -0.39 is 5.95 Å². The normalized spacial score (nSPS) is 14.1. The van der Waals surface area contributed by atoms with E-state index in [-0.39, 0.29) is 5.56 Å². The van der Waals surface area contributed by atoms with Crippen LogP contribution in [-0.4, -0.2) is 67.6 Å². The molecule has 0 bridgehead atoms. The second-order valence-electron chi connectivity index (χ2n) is 9.49. The van der Waals surface area contributed by atoms with Crippen molar-refractivity contribution >= 4 is 11.3 Å². The number of rotatable bonds is 6. The molecule has 1 saturated heterocycles. The number of aryl methyl sites for hydroxylation is 1. The minimum Gasteiger partial charge on any atom is -0.481 e. The number of ether oxygens (including phenoxy) is 1. The summed E-state index contributed by atoms with van der Waals surface area (Å²) in [6, 6.07) is 11.8. The zero-order chi connectivity index (χ0) is 26.9. The fourth-order valence-electron chi connectivity index (χ4n) is 4.95. The molecule has 1 fully saturated rings. The molecule has 0 atom stereocenters. The lowest BCUT2D eigenvalue weighted by Gasteiger charge is -2.35. The molecule has 39 heavy (non-hydrogen) atoms. The smallest absolute Gasteiger partial charge is 0.251 e. The Hall–Kier alpha value is -4.82. The van der Waals surface area contributed by atoms with Crippen LogP contribution in [-0.2, 0) is 13.6 Å². The van der Waals surface area contributed by atoms with E-state index >= 15 is 0 Å². The number of hydrogen-bond acceptors (Lipinski definition) is 8. The van der Waals surface area contributed by atoms with E-state index in [1.165, 1.54) is 4.52 Å². The second-order valence-corrected chi connectivity index (χ2v) is 9.49. The third-order valence-electron chi connectivity index (χ3n) is 7.00. The van der Waals surface area contributed by atoms with Crippen LogP contribution in [0.5, 0.6) is 5.88 Å². The molecule has 11 heteroatoms. The van der Waals surface area contributed by atoms with Gasteiger partial charge in [0.2, 0.25) is 5.88 Å². The molecule has 0 saturated carbocycles. The maximum atomic E-state index is 14.5. The van der Waals surface area contributed by atoms with Gasteiger partial charge in [0.15, 0.2) is 0 Å². The quantitative estimate of drug-likeness (QED) is 0.333. The van der Waals surface area contributed by atoms with E-state index in [4.69, 9.17) is 9.72 Å². The molecule has 0 amide bonds. The van der Waals surface area contributed by atoms with Gasteiger partial charge >= 0.3 is 0 Å². The van der Waals surface area contributed by atoms with E-state index in [0.717, 1.165) is 60.8 Å². The highest BCUT2D eigenvalue weighted by molar-refractivity contribution is 5.87. The molecule has 0 radical (unpaired) electrons. The molecule has 196 valence electrons. The summed E-state index contributed by atoms with van der Waals surface area (Å²) in [7, 11) is 3.45. The van der Waals surface area contributed by atoms with Gasteiger partial charge in [0.25, 0.3) is 5.95 Å². The molecule has 10 nitrogen and oxygen atoms in total. The Morgan fingerprint density at radius 1 is 0.974 bits per heavy atom. The van der Waals surface area contributed by atoms with Crippen molar-refractivity contribution < 1.29 is 9.13 Å². The zero-order valence-corrected chi connectivity index (χ0v) is 21.6. The average molecular weight is 524 g/mol. The predicted molar refractivity (Wildman–Crippen MR) is 144 cm³/mol. The summed E-state index contributed by atoms with van der Waals surface area (Å²) in [5.41, 5.74) is 4.61. The number of nitrogens with zero attached hydrogens (tertiary/aromatic N) is 9. The van der Waals surface area contributed by atoms with Crippen molar-refractivity contribution in [2.45, 2.75) is 6.54 Å². The Morgan fingerprint density at radius 2 is 1.82 bits per heavy atom. The summed E-state index contributed by atoms with van der Waals surface area (Å²) < 4.78 is 22.8. The first-order valence-electron chi connectivity index (χ1n) is 12.6. The van der Waals surface area contributed by atoms with Gasteiger partial charge in [0.05, 0.1) is 18.8 Å². The van der Waals surface area contributed by atoms with Crippen molar-refractivity contribution in [3.8, 4) is 34.2 Å². The lowest BCUT2D eigenvalue weighted by molar-refractivity contribution is 0.249. The molecule has 0 unspecified atom stereocenters. The molecule has 6 heterocycles. The van der Waals surface area contributed by atoms with Gasteiger partial charge in [-0.25, -0.2) is 14.5 Å². The fraction of sp³-hybridized carbons (Fsp3) is 0.250. The molecule has 6 rings (SSSR count). The number of methoxy groups -OCH3 is 1. The van der Waals surface area contributed by atoms with Crippen LogP contribution in [0.2, 0.25) is 0 Å². The largest absolute Gasteiger partial charge is 0.481 e. The molecule has 0 spiro atoms. The minimum atomic E-state index is -0.796. The van der Waals surface area contributed by atoms with Crippen molar-refractivity contribution in [2.75, 3.05) is 38.2 Å². The van der Waals surface area contributed by atoms with Crippen LogP contribution in [0, 0.1) is 17.3 Å². The Bertz CT molecular complexity index is 1660. The van der Waals surface area contributed by atoms with Crippen LogP contribution in [0.4, 0.5) is 10.2 Å². The number of nitriles is 1. The SMILES string of the molecule is COc1ccc(CN2CCN(c3ccc(-c4cc(-c5cnn(C)c5)cn5nc(F)c(C#N)c45)cn3)CC2)cn1. The van der Waals surface area contributed by atoms with Crippen LogP contribution in [0.3, 0.4) is 0 Å². The first-order chi connectivity index (χ1) is 19.0. The Balaban J connectivity index is 1.23. The van der Waals surface area contributed by atoms with E-state index in [2.05, 4.69) is 25.0 Å². The molecular formula is C28H26FN9O. The highest BCUT2D eigenvalue weighted by Gasteiger charge is 2.21. The van der Waals surface area contributed by atoms with Crippen LogP contribution in [0.1, 0.15) is 11.1 Å². The lowest BCUT2D eigenvalue weighted by atomic mass is 10.0. The lowest BCUT2D eigenvalue weighted by Crippen LogP contribution is -2.46. The van der Waals surface area contributed by atoms with E-state index in [1.54, 1.807) is 30.4 Å². The Morgan fingerprint density at radius 3 is 2.46 bits per heavy atom. The van der Waals surface area contributed by atoms with Crippen LogP contribution >= 0.6 is 0 Å². The number of aromatic nitrogens is 6. The molecule has 0 N–H and O–H groups in total. The van der Waals surface area contributed by atoms with Gasteiger partial charge in [-0.1, -0.05) is 6.07 Å². The molecular weight excluding hydrogens is 497 g/mol.